The van der Waals surface area contributed by atoms with Gasteiger partial charge in [0, 0.05) is 45.1 Å². The summed E-state index contributed by atoms with van der Waals surface area (Å²) in [5.74, 6) is 0.911. The third-order valence-electron chi connectivity index (χ3n) is 3.95. The number of fused-ring (bicyclic) bond motifs is 1. The van der Waals surface area contributed by atoms with Crippen LogP contribution in [0.15, 0.2) is 31.1 Å². The molecule has 0 aliphatic carbocycles. The number of rotatable bonds is 4. The fourth-order valence-electron chi connectivity index (χ4n) is 2.74. The molecule has 0 radical (unpaired) electrons. The summed E-state index contributed by atoms with van der Waals surface area (Å²) in [6, 6.07) is 0. The van der Waals surface area contributed by atoms with E-state index in [1.807, 2.05) is 10.6 Å². The van der Waals surface area contributed by atoms with E-state index in [1.165, 1.54) is 0 Å². The van der Waals surface area contributed by atoms with E-state index < -0.39 is 0 Å². The lowest BCUT2D eigenvalue weighted by atomic mass is 10.3. The number of hydrogen-bond donors (Lipinski definition) is 0. The van der Waals surface area contributed by atoms with E-state index in [1.54, 1.807) is 29.7 Å². The molecule has 0 bridgehead atoms. The first-order valence-electron chi connectivity index (χ1n) is 7.36. The van der Waals surface area contributed by atoms with Crippen molar-refractivity contribution in [1.29, 1.82) is 0 Å². The molecule has 9 nitrogen and oxygen atoms in total. The van der Waals surface area contributed by atoms with Gasteiger partial charge in [-0.15, -0.1) is 10.2 Å². The fourth-order valence-corrected chi connectivity index (χ4v) is 2.74. The quantitative estimate of drug-likeness (QED) is 0.644. The van der Waals surface area contributed by atoms with Gasteiger partial charge >= 0.3 is 0 Å². The predicted octanol–water partition coefficient (Wildman–Crippen LogP) is -0.462. The first-order valence-corrected chi connectivity index (χ1v) is 7.36. The highest BCUT2D eigenvalue weighted by Crippen LogP contribution is 2.17. The SMILES string of the molecule is c1cn2cnnc2c(N2CCN(CCn3nccn3)CC2)n1. The van der Waals surface area contributed by atoms with Gasteiger partial charge in [0.2, 0.25) is 5.65 Å². The van der Waals surface area contributed by atoms with Crippen LogP contribution in [0.4, 0.5) is 5.82 Å². The summed E-state index contributed by atoms with van der Waals surface area (Å²) in [7, 11) is 0. The zero-order valence-corrected chi connectivity index (χ0v) is 12.2. The lowest BCUT2D eigenvalue weighted by Crippen LogP contribution is -2.47. The lowest BCUT2D eigenvalue weighted by molar-refractivity contribution is 0.239. The maximum Gasteiger partial charge on any atom is 0.203 e. The van der Waals surface area contributed by atoms with Crippen LogP contribution in [0, 0.1) is 0 Å². The number of nitrogens with zero attached hydrogens (tertiary/aromatic N) is 9. The molecule has 9 heteroatoms. The van der Waals surface area contributed by atoms with Gasteiger partial charge in [0.1, 0.15) is 6.33 Å². The fraction of sp³-hybridized carbons (Fsp3) is 0.462. The maximum absolute atomic E-state index is 4.47. The molecule has 4 heterocycles. The summed E-state index contributed by atoms with van der Waals surface area (Å²) < 4.78 is 1.90. The van der Waals surface area contributed by atoms with Crippen LogP contribution >= 0.6 is 0 Å². The van der Waals surface area contributed by atoms with Crippen LogP contribution in [0.2, 0.25) is 0 Å². The van der Waals surface area contributed by atoms with Gasteiger partial charge in [-0.05, 0) is 0 Å². The minimum Gasteiger partial charge on any atom is -0.351 e. The third-order valence-corrected chi connectivity index (χ3v) is 3.95. The van der Waals surface area contributed by atoms with E-state index in [9.17, 15) is 0 Å². The predicted molar refractivity (Wildman–Crippen MR) is 79.5 cm³/mol. The van der Waals surface area contributed by atoms with Crippen molar-refractivity contribution in [2.75, 3.05) is 37.6 Å². The standard InChI is InChI=1S/C13H17N9/c1-2-17-22(16-1)10-7-19-5-8-20(9-6-19)12-13-18-15-11-21(13)4-3-14-12/h1-4,11H,5-10H2. The molecule has 22 heavy (non-hydrogen) atoms. The van der Waals surface area contributed by atoms with Crippen molar-refractivity contribution in [2.45, 2.75) is 6.54 Å². The van der Waals surface area contributed by atoms with Gasteiger partial charge in [-0.1, -0.05) is 0 Å². The molecule has 0 atom stereocenters. The first kappa shape index (κ1) is 13.1. The second-order valence-electron chi connectivity index (χ2n) is 5.27. The molecular formula is C13H17N9. The summed E-state index contributed by atoms with van der Waals surface area (Å²) in [5, 5.41) is 16.4. The van der Waals surface area contributed by atoms with Crippen molar-refractivity contribution < 1.29 is 0 Å². The van der Waals surface area contributed by atoms with Crippen LogP contribution in [0.1, 0.15) is 0 Å². The normalized spacial score (nSPS) is 16.5. The number of aromatic nitrogens is 7. The van der Waals surface area contributed by atoms with E-state index in [2.05, 4.69) is 35.2 Å². The Hall–Kier alpha value is -2.55. The third kappa shape index (κ3) is 2.50. The molecule has 1 aliphatic heterocycles. The molecule has 1 saturated heterocycles. The summed E-state index contributed by atoms with van der Waals surface area (Å²) in [6.45, 7) is 5.66. The van der Waals surface area contributed by atoms with E-state index in [4.69, 9.17) is 0 Å². The van der Waals surface area contributed by atoms with Gasteiger partial charge in [0.25, 0.3) is 0 Å². The second kappa shape index (κ2) is 5.68. The Morgan fingerprint density at radius 3 is 2.59 bits per heavy atom. The van der Waals surface area contributed by atoms with Crippen molar-refractivity contribution in [1.82, 2.24) is 39.5 Å². The zero-order valence-electron chi connectivity index (χ0n) is 12.2. The highest BCUT2D eigenvalue weighted by atomic mass is 15.5. The minimum absolute atomic E-state index is 0.816. The molecule has 0 amide bonds. The molecule has 0 unspecified atom stereocenters. The van der Waals surface area contributed by atoms with Crippen LogP contribution < -0.4 is 4.90 Å². The van der Waals surface area contributed by atoms with Gasteiger partial charge in [-0.2, -0.15) is 15.0 Å². The van der Waals surface area contributed by atoms with E-state index in [0.29, 0.717) is 0 Å². The minimum atomic E-state index is 0.816. The maximum atomic E-state index is 4.47. The average molecular weight is 299 g/mol. The second-order valence-corrected chi connectivity index (χ2v) is 5.27. The Bertz CT molecular complexity index is 727. The van der Waals surface area contributed by atoms with E-state index in [0.717, 1.165) is 50.7 Å². The van der Waals surface area contributed by atoms with Crippen LogP contribution in [0.3, 0.4) is 0 Å². The van der Waals surface area contributed by atoms with Gasteiger partial charge in [-0.25, -0.2) is 4.98 Å². The first-order chi connectivity index (χ1) is 10.9. The average Bonchev–Trinajstić information content (AvgIpc) is 3.24. The topological polar surface area (TPSA) is 80.3 Å². The monoisotopic (exact) mass is 299 g/mol. The summed E-state index contributed by atoms with van der Waals surface area (Å²) in [4.78, 5) is 10.9. The van der Waals surface area contributed by atoms with Gasteiger partial charge in [0.05, 0.1) is 18.9 Å². The van der Waals surface area contributed by atoms with E-state index in [-0.39, 0.29) is 0 Å². The van der Waals surface area contributed by atoms with Crippen LogP contribution in [-0.2, 0) is 6.54 Å². The van der Waals surface area contributed by atoms with Crippen LogP contribution in [-0.4, -0.2) is 72.2 Å². The van der Waals surface area contributed by atoms with Crippen LogP contribution in [0.5, 0.6) is 0 Å². The van der Waals surface area contributed by atoms with Crippen molar-refractivity contribution in [3.63, 3.8) is 0 Å². The summed E-state index contributed by atoms with van der Waals surface area (Å²) in [6.07, 6.45) is 8.78. The molecule has 0 spiro atoms. The summed E-state index contributed by atoms with van der Waals surface area (Å²) >= 11 is 0. The largest absolute Gasteiger partial charge is 0.351 e. The smallest absolute Gasteiger partial charge is 0.203 e. The van der Waals surface area contributed by atoms with Gasteiger partial charge < -0.3 is 4.90 Å². The molecular weight excluding hydrogens is 282 g/mol. The lowest BCUT2D eigenvalue weighted by Gasteiger charge is -2.35. The molecule has 0 aromatic carbocycles. The van der Waals surface area contributed by atoms with Gasteiger partial charge in [-0.3, -0.25) is 9.30 Å². The zero-order chi connectivity index (χ0) is 14.8. The number of piperazine rings is 1. The van der Waals surface area contributed by atoms with Crippen molar-refractivity contribution in [3.05, 3.63) is 31.1 Å². The number of anilines is 1. The van der Waals surface area contributed by atoms with Crippen molar-refractivity contribution in [2.24, 2.45) is 0 Å². The molecule has 0 N–H and O–H groups in total. The highest BCUT2D eigenvalue weighted by molar-refractivity contribution is 5.63. The number of hydrogen-bond acceptors (Lipinski definition) is 7. The Labute approximate surface area is 127 Å². The molecule has 3 aromatic heterocycles. The van der Waals surface area contributed by atoms with E-state index >= 15 is 0 Å². The molecule has 0 saturated carbocycles. The van der Waals surface area contributed by atoms with Crippen LogP contribution in [0.25, 0.3) is 5.65 Å². The Morgan fingerprint density at radius 1 is 0.955 bits per heavy atom. The Balaban J connectivity index is 1.38. The summed E-state index contributed by atoms with van der Waals surface area (Å²) in [5.41, 5.74) is 0.816. The van der Waals surface area contributed by atoms with Gasteiger partial charge in [0.15, 0.2) is 5.82 Å². The van der Waals surface area contributed by atoms with Crippen molar-refractivity contribution in [3.8, 4) is 0 Å². The molecule has 114 valence electrons. The Morgan fingerprint density at radius 2 is 1.77 bits per heavy atom. The van der Waals surface area contributed by atoms with Crippen molar-refractivity contribution >= 4 is 11.5 Å². The Kier molecular flexibility index (Phi) is 3.39. The molecule has 4 rings (SSSR count). The molecule has 3 aromatic rings. The molecule has 1 aliphatic rings. The molecule has 1 fully saturated rings. The highest BCUT2D eigenvalue weighted by Gasteiger charge is 2.20.